The summed E-state index contributed by atoms with van der Waals surface area (Å²) in [5.74, 6) is 0.148. The first kappa shape index (κ1) is 20.7. The maximum absolute atomic E-state index is 13.2. The lowest BCUT2D eigenvalue weighted by molar-refractivity contribution is -0.124. The highest BCUT2D eigenvalue weighted by Crippen LogP contribution is 2.35. The van der Waals surface area contributed by atoms with Gasteiger partial charge in [-0.25, -0.2) is 4.39 Å². The van der Waals surface area contributed by atoms with Crippen molar-refractivity contribution in [1.82, 2.24) is 10.2 Å². The predicted molar refractivity (Wildman–Crippen MR) is 105 cm³/mol. The minimum absolute atomic E-state index is 0.0524. The van der Waals surface area contributed by atoms with Crippen LogP contribution in [-0.4, -0.2) is 40.4 Å². The SMILES string of the molecule is CCCCCCNC(=O)[C@H]1CS[C@@H](C(C)C)N1C(=O)c1ccc(F)cc1. The molecule has 0 radical (unpaired) electrons. The Kier molecular flexibility index (Phi) is 7.94. The van der Waals surface area contributed by atoms with Gasteiger partial charge in [0.1, 0.15) is 11.9 Å². The van der Waals surface area contributed by atoms with Gasteiger partial charge in [-0.1, -0.05) is 40.0 Å². The zero-order valence-corrected chi connectivity index (χ0v) is 16.7. The first-order valence-electron chi connectivity index (χ1n) is 9.43. The molecule has 1 aliphatic rings. The van der Waals surface area contributed by atoms with Crippen molar-refractivity contribution in [3.63, 3.8) is 0 Å². The van der Waals surface area contributed by atoms with E-state index in [9.17, 15) is 14.0 Å². The van der Waals surface area contributed by atoms with Gasteiger partial charge in [0, 0.05) is 17.9 Å². The molecule has 0 saturated carbocycles. The van der Waals surface area contributed by atoms with Crippen molar-refractivity contribution in [3.05, 3.63) is 35.6 Å². The van der Waals surface area contributed by atoms with E-state index in [-0.39, 0.29) is 28.9 Å². The molecule has 1 aromatic rings. The van der Waals surface area contributed by atoms with Gasteiger partial charge in [0.25, 0.3) is 5.91 Å². The Hall–Kier alpha value is -1.56. The number of carbonyl (C=O) groups is 2. The van der Waals surface area contributed by atoms with Gasteiger partial charge in [0.15, 0.2) is 0 Å². The molecule has 2 amide bonds. The maximum atomic E-state index is 13.2. The lowest BCUT2D eigenvalue weighted by Gasteiger charge is -2.31. The molecule has 144 valence electrons. The molecule has 2 atom stereocenters. The molecule has 0 aliphatic carbocycles. The van der Waals surface area contributed by atoms with Gasteiger partial charge < -0.3 is 10.2 Å². The molecule has 1 fully saturated rings. The van der Waals surface area contributed by atoms with Gasteiger partial charge in [-0.05, 0) is 36.6 Å². The monoisotopic (exact) mass is 380 g/mol. The van der Waals surface area contributed by atoms with Gasteiger partial charge in [-0.3, -0.25) is 9.59 Å². The predicted octanol–water partition coefficient (Wildman–Crippen LogP) is 4.06. The lowest BCUT2D eigenvalue weighted by Crippen LogP contribution is -2.51. The van der Waals surface area contributed by atoms with Crippen LogP contribution in [0.3, 0.4) is 0 Å². The van der Waals surface area contributed by atoms with Gasteiger partial charge >= 0.3 is 0 Å². The van der Waals surface area contributed by atoms with Crippen LogP contribution in [0.1, 0.15) is 56.8 Å². The van der Waals surface area contributed by atoms with Gasteiger partial charge in [-0.15, -0.1) is 11.8 Å². The molecule has 1 aliphatic heterocycles. The standard InChI is InChI=1S/C20H29FN2O2S/c1-4-5-6-7-12-22-18(24)17-13-26-20(14(2)3)23(17)19(25)15-8-10-16(21)11-9-15/h8-11,14,17,20H,4-7,12-13H2,1-3H3,(H,22,24)/t17-,20+/m1/s1. The second-order valence-corrected chi connectivity index (χ2v) is 8.20. The summed E-state index contributed by atoms with van der Waals surface area (Å²) >= 11 is 1.64. The second kappa shape index (κ2) is 9.95. The van der Waals surface area contributed by atoms with E-state index in [0.717, 1.165) is 19.3 Å². The number of carbonyl (C=O) groups excluding carboxylic acids is 2. The quantitative estimate of drug-likeness (QED) is 0.692. The summed E-state index contributed by atoms with van der Waals surface area (Å²) < 4.78 is 13.2. The van der Waals surface area contributed by atoms with Crippen LogP contribution in [0.25, 0.3) is 0 Å². The Morgan fingerprint density at radius 3 is 2.54 bits per heavy atom. The molecule has 1 aromatic carbocycles. The van der Waals surface area contributed by atoms with Crippen LogP contribution in [0.2, 0.25) is 0 Å². The van der Waals surface area contributed by atoms with Crippen LogP contribution in [0, 0.1) is 11.7 Å². The average Bonchev–Trinajstić information content (AvgIpc) is 3.07. The fourth-order valence-electron chi connectivity index (χ4n) is 3.12. The van der Waals surface area contributed by atoms with E-state index in [1.165, 1.54) is 30.7 Å². The molecule has 0 bridgehead atoms. The number of thioether (sulfide) groups is 1. The third kappa shape index (κ3) is 5.22. The minimum atomic E-state index is -0.476. The molecule has 1 saturated heterocycles. The largest absolute Gasteiger partial charge is 0.354 e. The lowest BCUT2D eigenvalue weighted by atomic mass is 10.1. The molecule has 0 aromatic heterocycles. The molecule has 1 heterocycles. The first-order valence-corrected chi connectivity index (χ1v) is 10.5. The highest BCUT2D eigenvalue weighted by Gasteiger charge is 2.42. The van der Waals surface area contributed by atoms with Crippen LogP contribution >= 0.6 is 11.8 Å². The Morgan fingerprint density at radius 1 is 1.23 bits per heavy atom. The van der Waals surface area contributed by atoms with E-state index in [2.05, 4.69) is 12.2 Å². The topological polar surface area (TPSA) is 49.4 Å². The molecule has 0 spiro atoms. The third-order valence-electron chi connectivity index (χ3n) is 4.56. The molecule has 4 nitrogen and oxygen atoms in total. The van der Waals surface area contributed by atoms with Crippen molar-refractivity contribution in [2.45, 2.75) is 57.9 Å². The van der Waals surface area contributed by atoms with Crippen molar-refractivity contribution in [3.8, 4) is 0 Å². The van der Waals surface area contributed by atoms with Crippen LogP contribution in [0.15, 0.2) is 24.3 Å². The van der Waals surface area contributed by atoms with Gasteiger partial charge in [-0.2, -0.15) is 0 Å². The Bertz CT molecular complexity index is 606. The summed E-state index contributed by atoms with van der Waals surface area (Å²) in [6.07, 6.45) is 4.38. The first-order chi connectivity index (χ1) is 12.5. The minimum Gasteiger partial charge on any atom is -0.354 e. The third-order valence-corrected chi connectivity index (χ3v) is 6.18. The molecule has 26 heavy (non-hydrogen) atoms. The summed E-state index contributed by atoms with van der Waals surface area (Å²) in [4.78, 5) is 27.4. The van der Waals surface area contributed by atoms with Crippen molar-refractivity contribution < 1.29 is 14.0 Å². The van der Waals surface area contributed by atoms with Crippen LogP contribution in [0.5, 0.6) is 0 Å². The zero-order valence-electron chi connectivity index (χ0n) is 15.8. The molecular weight excluding hydrogens is 351 g/mol. The van der Waals surface area contributed by atoms with Crippen LogP contribution in [-0.2, 0) is 4.79 Å². The van der Waals surface area contributed by atoms with E-state index < -0.39 is 6.04 Å². The summed E-state index contributed by atoms with van der Waals surface area (Å²) in [5.41, 5.74) is 0.417. The highest BCUT2D eigenvalue weighted by molar-refractivity contribution is 8.00. The van der Waals surface area contributed by atoms with Crippen molar-refractivity contribution in [2.75, 3.05) is 12.3 Å². The number of benzene rings is 1. The second-order valence-electron chi connectivity index (χ2n) is 7.05. The number of halogens is 1. The van der Waals surface area contributed by atoms with E-state index in [1.807, 2.05) is 13.8 Å². The zero-order chi connectivity index (χ0) is 19.1. The number of hydrogen-bond donors (Lipinski definition) is 1. The summed E-state index contributed by atoms with van der Waals surface area (Å²) in [6, 6.07) is 5.05. The normalized spacial score (nSPS) is 19.8. The fourth-order valence-corrected chi connectivity index (χ4v) is 4.60. The van der Waals surface area contributed by atoms with Crippen LogP contribution < -0.4 is 5.32 Å². The summed E-state index contributed by atoms with van der Waals surface area (Å²) in [7, 11) is 0. The number of nitrogens with zero attached hydrogens (tertiary/aromatic N) is 1. The van der Waals surface area contributed by atoms with E-state index >= 15 is 0 Å². The van der Waals surface area contributed by atoms with Crippen molar-refractivity contribution in [2.24, 2.45) is 5.92 Å². The van der Waals surface area contributed by atoms with Gasteiger partial charge in [0.05, 0.1) is 5.37 Å². The average molecular weight is 381 g/mol. The van der Waals surface area contributed by atoms with E-state index in [4.69, 9.17) is 0 Å². The summed E-state index contributed by atoms with van der Waals surface area (Å²) in [5, 5.41) is 2.93. The number of rotatable bonds is 8. The Balaban J connectivity index is 2.08. The smallest absolute Gasteiger partial charge is 0.255 e. The number of unbranched alkanes of at least 4 members (excludes halogenated alkanes) is 3. The van der Waals surface area contributed by atoms with Crippen LogP contribution in [0.4, 0.5) is 4.39 Å². The Labute approximate surface area is 159 Å². The highest BCUT2D eigenvalue weighted by atomic mass is 32.2. The number of nitrogens with one attached hydrogen (secondary N) is 1. The number of amides is 2. The molecule has 2 rings (SSSR count). The van der Waals surface area contributed by atoms with E-state index in [1.54, 1.807) is 16.7 Å². The summed E-state index contributed by atoms with van der Waals surface area (Å²) in [6.45, 7) is 6.89. The maximum Gasteiger partial charge on any atom is 0.255 e. The van der Waals surface area contributed by atoms with Gasteiger partial charge in [0.2, 0.25) is 5.91 Å². The van der Waals surface area contributed by atoms with E-state index in [0.29, 0.717) is 17.9 Å². The Morgan fingerprint density at radius 2 is 1.92 bits per heavy atom. The molecule has 6 heteroatoms. The molecule has 0 unspecified atom stereocenters. The molecular formula is C20H29FN2O2S. The number of hydrogen-bond acceptors (Lipinski definition) is 3. The van der Waals surface area contributed by atoms with Crippen molar-refractivity contribution in [1.29, 1.82) is 0 Å². The fraction of sp³-hybridized carbons (Fsp3) is 0.600. The molecule has 1 N–H and O–H groups in total. The van der Waals surface area contributed by atoms with Crippen molar-refractivity contribution >= 4 is 23.6 Å².